The number of carbonyl (C=O) groups is 1. The molecule has 88 valence electrons. The lowest BCUT2D eigenvalue weighted by Gasteiger charge is -2.60. The van der Waals surface area contributed by atoms with E-state index in [2.05, 4.69) is 0 Å². The fourth-order valence-corrected chi connectivity index (χ4v) is 4.70. The first kappa shape index (κ1) is 9.42. The van der Waals surface area contributed by atoms with Crippen molar-refractivity contribution in [1.82, 2.24) is 0 Å². The standard InChI is InChI=1S/C12H16O4/c13-10-6-15-12(16-10)8-1-7-2-9(12)5-11(14,3-7)4-8/h7-9,14H,1-6H2. The van der Waals surface area contributed by atoms with Crippen molar-refractivity contribution in [3.63, 3.8) is 0 Å². The molecule has 1 spiro atoms. The number of aliphatic hydroxyl groups is 1. The zero-order valence-corrected chi connectivity index (χ0v) is 9.15. The van der Waals surface area contributed by atoms with Gasteiger partial charge >= 0.3 is 5.97 Å². The minimum absolute atomic E-state index is 0.0933. The topological polar surface area (TPSA) is 55.8 Å². The first-order valence-corrected chi connectivity index (χ1v) is 6.18. The summed E-state index contributed by atoms with van der Waals surface area (Å²) in [5, 5.41) is 10.4. The van der Waals surface area contributed by atoms with E-state index in [-0.39, 0.29) is 24.4 Å². The second kappa shape index (κ2) is 2.62. The van der Waals surface area contributed by atoms with Crippen LogP contribution in [0.25, 0.3) is 0 Å². The number of hydrogen-bond donors (Lipinski definition) is 1. The predicted molar refractivity (Wildman–Crippen MR) is 53.3 cm³/mol. The molecule has 4 aliphatic carbocycles. The van der Waals surface area contributed by atoms with Gasteiger partial charge in [-0.05, 0) is 38.0 Å². The molecule has 5 rings (SSSR count). The summed E-state index contributed by atoms with van der Waals surface area (Å²) in [7, 11) is 0. The van der Waals surface area contributed by atoms with Crippen LogP contribution in [-0.2, 0) is 14.3 Å². The number of hydrogen-bond acceptors (Lipinski definition) is 4. The number of rotatable bonds is 0. The molecule has 2 unspecified atom stereocenters. The van der Waals surface area contributed by atoms with E-state index < -0.39 is 11.4 Å². The van der Waals surface area contributed by atoms with Gasteiger partial charge in [-0.2, -0.15) is 0 Å². The lowest BCUT2D eigenvalue weighted by Crippen LogP contribution is -2.64. The first-order chi connectivity index (χ1) is 7.60. The normalized spacial score (nSPS) is 58.3. The molecule has 1 saturated heterocycles. The third-order valence-corrected chi connectivity index (χ3v) is 4.98. The molecular formula is C12H16O4. The van der Waals surface area contributed by atoms with Crippen LogP contribution in [0.4, 0.5) is 0 Å². The van der Waals surface area contributed by atoms with Crippen LogP contribution in [-0.4, -0.2) is 29.1 Å². The van der Waals surface area contributed by atoms with Crippen molar-refractivity contribution >= 4 is 5.97 Å². The van der Waals surface area contributed by atoms with Crippen molar-refractivity contribution in [3.8, 4) is 0 Å². The molecular weight excluding hydrogens is 208 g/mol. The second-order valence-electron chi connectivity index (χ2n) is 6.05. The van der Waals surface area contributed by atoms with Crippen LogP contribution in [0.2, 0.25) is 0 Å². The van der Waals surface area contributed by atoms with Gasteiger partial charge in [0.2, 0.25) is 5.79 Å². The summed E-state index contributed by atoms with van der Waals surface area (Å²) < 4.78 is 11.2. The van der Waals surface area contributed by atoms with Crippen LogP contribution < -0.4 is 0 Å². The molecule has 4 saturated carbocycles. The Labute approximate surface area is 93.9 Å². The highest BCUT2D eigenvalue weighted by Crippen LogP contribution is 2.62. The van der Waals surface area contributed by atoms with Crippen molar-refractivity contribution in [2.24, 2.45) is 17.8 Å². The maximum absolute atomic E-state index is 11.3. The number of esters is 1. The van der Waals surface area contributed by atoms with Gasteiger partial charge in [-0.25, -0.2) is 4.79 Å². The highest BCUT2D eigenvalue weighted by molar-refractivity contribution is 5.73. The lowest BCUT2D eigenvalue weighted by molar-refractivity contribution is -0.308. The van der Waals surface area contributed by atoms with Crippen molar-refractivity contribution < 1.29 is 19.4 Å². The molecule has 5 fully saturated rings. The lowest BCUT2D eigenvalue weighted by atomic mass is 9.51. The van der Waals surface area contributed by atoms with E-state index in [1.54, 1.807) is 0 Å². The Bertz CT molecular complexity index is 348. The van der Waals surface area contributed by atoms with Crippen molar-refractivity contribution in [3.05, 3.63) is 0 Å². The molecule has 1 heterocycles. The van der Waals surface area contributed by atoms with Gasteiger partial charge in [0.25, 0.3) is 0 Å². The van der Waals surface area contributed by atoms with Gasteiger partial charge in [0.15, 0.2) is 0 Å². The Morgan fingerprint density at radius 2 is 1.88 bits per heavy atom. The predicted octanol–water partition coefficient (Wildman–Crippen LogP) is 0.827. The highest BCUT2D eigenvalue weighted by atomic mass is 16.8. The third-order valence-electron chi connectivity index (χ3n) is 4.98. The van der Waals surface area contributed by atoms with Crippen molar-refractivity contribution in [2.75, 3.05) is 6.61 Å². The van der Waals surface area contributed by atoms with E-state index in [9.17, 15) is 9.90 Å². The van der Waals surface area contributed by atoms with Gasteiger partial charge < -0.3 is 14.6 Å². The highest BCUT2D eigenvalue weighted by Gasteiger charge is 2.66. The average molecular weight is 224 g/mol. The van der Waals surface area contributed by atoms with Crippen LogP contribution in [0, 0.1) is 17.8 Å². The van der Waals surface area contributed by atoms with E-state index in [0.717, 1.165) is 32.1 Å². The Hall–Kier alpha value is -0.610. The molecule has 0 amide bonds. The maximum Gasteiger partial charge on any atom is 0.334 e. The molecule has 0 aromatic heterocycles. The third kappa shape index (κ3) is 0.998. The first-order valence-electron chi connectivity index (χ1n) is 6.18. The molecule has 4 nitrogen and oxygen atoms in total. The minimum Gasteiger partial charge on any atom is -0.431 e. The molecule has 0 radical (unpaired) electrons. The Balaban J connectivity index is 1.74. The van der Waals surface area contributed by atoms with Crippen LogP contribution in [0.3, 0.4) is 0 Å². The number of carbonyl (C=O) groups excluding carboxylic acids is 1. The zero-order valence-electron chi connectivity index (χ0n) is 9.15. The molecule has 2 atom stereocenters. The molecule has 0 aromatic carbocycles. The van der Waals surface area contributed by atoms with Gasteiger partial charge in [-0.15, -0.1) is 0 Å². The van der Waals surface area contributed by atoms with Gasteiger partial charge in [-0.3, -0.25) is 0 Å². The molecule has 16 heavy (non-hydrogen) atoms. The summed E-state index contributed by atoms with van der Waals surface area (Å²) in [6.07, 6.45) is 4.52. The SMILES string of the molecule is O=C1COC2(O1)C1CC3CC2CC(O)(C3)C1. The summed E-state index contributed by atoms with van der Waals surface area (Å²) in [6, 6.07) is 0. The Morgan fingerprint density at radius 1 is 1.19 bits per heavy atom. The fraction of sp³-hybridized carbons (Fsp3) is 0.917. The van der Waals surface area contributed by atoms with E-state index in [0.29, 0.717) is 5.92 Å². The minimum atomic E-state index is -0.666. The summed E-state index contributed by atoms with van der Waals surface area (Å²) in [5.74, 6) is 0.140. The van der Waals surface area contributed by atoms with Gasteiger partial charge in [0.05, 0.1) is 5.60 Å². The van der Waals surface area contributed by atoms with Crippen LogP contribution in [0.15, 0.2) is 0 Å². The largest absolute Gasteiger partial charge is 0.431 e. The van der Waals surface area contributed by atoms with Crippen LogP contribution in [0.5, 0.6) is 0 Å². The fourth-order valence-electron chi connectivity index (χ4n) is 4.70. The zero-order chi connectivity index (χ0) is 11.0. The quantitative estimate of drug-likeness (QED) is 0.619. The van der Waals surface area contributed by atoms with E-state index in [1.165, 1.54) is 0 Å². The summed E-state index contributed by atoms with van der Waals surface area (Å²) in [5.41, 5.74) is -0.500. The van der Waals surface area contributed by atoms with Gasteiger partial charge in [-0.1, -0.05) is 0 Å². The van der Waals surface area contributed by atoms with Gasteiger partial charge in [0.1, 0.15) is 6.61 Å². The number of ether oxygens (including phenoxy) is 2. The van der Waals surface area contributed by atoms with Gasteiger partial charge in [0, 0.05) is 11.8 Å². The molecule has 1 N–H and O–H groups in total. The molecule has 1 aliphatic heterocycles. The van der Waals surface area contributed by atoms with Crippen molar-refractivity contribution in [1.29, 1.82) is 0 Å². The molecule has 5 aliphatic rings. The van der Waals surface area contributed by atoms with Crippen molar-refractivity contribution in [2.45, 2.75) is 43.5 Å². The molecule has 4 bridgehead atoms. The van der Waals surface area contributed by atoms with Crippen LogP contribution in [0.1, 0.15) is 32.1 Å². The van der Waals surface area contributed by atoms with E-state index in [1.807, 2.05) is 0 Å². The summed E-state index contributed by atoms with van der Waals surface area (Å²) >= 11 is 0. The molecule has 0 aromatic rings. The average Bonchev–Trinajstić information content (AvgIpc) is 2.56. The monoisotopic (exact) mass is 224 g/mol. The maximum atomic E-state index is 11.3. The smallest absolute Gasteiger partial charge is 0.334 e. The summed E-state index contributed by atoms with van der Waals surface area (Å²) in [6.45, 7) is 0.0933. The molecule has 4 heteroatoms. The van der Waals surface area contributed by atoms with E-state index in [4.69, 9.17) is 9.47 Å². The Morgan fingerprint density at radius 3 is 2.38 bits per heavy atom. The summed E-state index contributed by atoms with van der Waals surface area (Å²) in [4.78, 5) is 11.3. The second-order valence-corrected chi connectivity index (χ2v) is 6.05. The van der Waals surface area contributed by atoms with Crippen LogP contribution >= 0.6 is 0 Å². The van der Waals surface area contributed by atoms with E-state index >= 15 is 0 Å². The Kier molecular flexibility index (Phi) is 1.54.